The molecule has 5 heteroatoms. The Morgan fingerprint density at radius 1 is 1.12 bits per heavy atom. The van der Waals surface area contributed by atoms with Gasteiger partial charge in [-0.1, -0.05) is 18.2 Å². The fourth-order valence-electron chi connectivity index (χ4n) is 3.45. The van der Waals surface area contributed by atoms with Gasteiger partial charge in [0.1, 0.15) is 11.5 Å². The molecule has 0 spiro atoms. The number of nitrogens with zero attached hydrogens (tertiary/aromatic N) is 3. The van der Waals surface area contributed by atoms with Gasteiger partial charge in [0.15, 0.2) is 5.78 Å². The summed E-state index contributed by atoms with van der Waals surface area (Å²) < 4.78 is 15.1. The molecule has 1 aliphatic rings. The number of Topliss-reactive ketones (excluding diaryl/α,β-unsaturated/α-hetero) is 1. The van der Waals surface area contributed by atoms with Crippen LogP contribution in [0.4, 0.5) is 4.39 Å². The molecule has 3 aromatic rings. The van der Waals surface area contributed by atoms with Gasteiger partial charge in [-0.15, -0.1) is 0 Å². The number of aromatic nitrogens is 2. The minimum absolute atomic E-state index is 0.0744. The summed E-state index contributed by atoms with van der Waals surface area (Å²) in [5.41, 5.74) is 4.32. The number of hydrogen-bond donors (Lipinski definition) is 0. The Labute approximate surface area is 150 Å². The molecule has 4 rings (SSSR count). The molecule has 0 radical (unpaired) electrons. The van der Waals surface area contributed by atoms with Gasteiger partial charge in [-0.05, 0) is 48.7 Å². The Balaban J connectivity index is 1.83. The van der Waals surface area contributed by atoms with Crippen LogP contribution in [0.3, 0.4) is 0 Å². The monoisotopic (exact) mass is 345 g/mol. The maximum absolute atomic E-state index is 13.3. The van der Waals surface area contributed by atoms with Gasteiger partial charge >= 0.3 is 0 Å². The highest BCUT2D eigenvalue weighted by Gasteiger charge is 2.27. The average molecular weight is 345 g/mol. The number of carbonyl (C=O) groups is 1. The van der Waals surface area contributed by atoms with E-state index >= 15 is 0 Å². The lowest BCUT2D eigenvalue weighted by atomic mass is 9.92. The van der Waals surface area contributed by atoms with Crippen LogP contribution in [0.15, 0.2) is 48.5 Å². The van der Waals surface area contributed by atoms with Crippen LogP contribution in [-0.4, -0.2) is 15.6 Å². The highest BCUT2D eigenvalue weighted by atomic mass is 19.1. The number of benzene rings is 2. The molecule has 1 aromatic heterocycles. The zero-order valence-corrected chi connectivity index (χ0v) is 14.1. The number of halogens is 1. The number of nitriles is 1. The fraction of sp³-hybridized carbons (Fsp3) is 0.190. The summed E-state index contributed by atoms with van der Waals surface area (Å²) in [6, 6.07) is 15.6. The van der Waals surface area contributed by atoms with Gasteiger partial charge in [-0.25, -0.2) is 4.39 Å². The first-order valence-corrected chi connectivity index (χ1v) is 8.54. The first kappa shape index (κ1) is 16.2. The molecule has 0 saturated heterocycles. The molecule has 4 nitrogen and oxygen atoms in total. The van der Waals surface area contributed by atoms with Gasteiger partial charge in [-0.3, -0.25) is 9.48 Å². The second kappa shape index (κ2) is 6.57. The maximum Gasteiger partial charge on any atom is 0.166 e. The van der Waals surface area contributed by atoms with Crippen molar-refractivity contribution in [3.8, 4) is 17.3 Å². The summed E-state index contributed by atoms with van der Waals surface area (Å²) in [4.78, 5) is 12.6. The SMILES string of the molecule is N#Cc1ccccc1Cn1nc(-c2ccc(F)cc2)c2c1CCCC2=O. The Kier molecular flexibility index (Phi) is 4.10. The van der Waals surface area contributed by atoms with Crippen LogP contribution in [0, 0.1) is 17.1 Å². The van der Waals surface area contributed by atoms with Gasteiger partial charge < -0.3 is 0 Å². The minimum Gasteiger partial charge on any atom is -0.294 e. The molecule has 128 valence electrons. The largest absolute Gasteiger partial charge is 0.294 e. The number of carbonyl (C=O) groups excluding carboxylic acids is 1. The molecular formula is C21H16FN3O. The van der Waals surface area contributed by atoms with Crippen LogP contribution in [0.5, 0.6) is 0 Å². The zero-order valence-electron chi connectivity index (χ0n) is 14.1. The lowest BCUT2D eigenvalue weighted by Crippen LogP contribution is -2.14. The van der Waals surface area contributed by atoms with Crippen LogP contribution in [0.2, 0.25) is 0 Å². The normalized spacial score (nSPS) is 13.3. The van der Waals surface area contributed by atoms with Gasteiger partial charge in [0.2, 0.25) is 0 Å². The van der Waals surface area contributed by atoms with Crippen molar-refractivity contribution in [1.82, 2.24) is 9.78 Å². The van der Waals surface area contributed by atoms with E-state index in [4.69, 9.17) is 0 Å². The van der Waals surface area contributed by atoms with Gasteiger partial charge in [0.05, 0.1) is 29.4 Å². The predicted molar refractivity (Wildman–Crippen MR) is 95.1 cm³/mol. The third-order valence-electron chi connectivity index (χ3n) is 4.73. The zero-order chi connectivity index (χ0) is 18.1. The molecule has 0 N–H and O–H groups in total. The first-order valence-electron chi connectivity index (χ1n) is 8.54. The van der Waals surface area contributed by atoms with Crippen molar-refractivity contribution in [1.29, 1.82) is 5.26 Å². The van der Waals surface area contributed by atoms with E-state index in [-0.39, 0.29) is 11.6 Å². The standard InChI is InChI=1S/C21H16FN3O/c22-17-10-8-14(9-11-17)21-20-18(6-3-7-19(20)26)25(24-21)13-16-5-2-1-4-15(16)12-23/h1-2,4-5,8-11H,3,6-7,13H2. The molecular weight excluding hydrogens is 329 g/mol. The average Bonchev–Trinajstić information content (AvgIpc) is 3.03. The fourth-order valence-corrected chi connectivity index (χ4v) is 3.45. The van der Waals surface area contributed by atoms with E-state index in [1.165, 1.54) is 12.1 Å². The second-order valence-electron chi connectivity index (χ2n) is 6.38. The Bertz CT molecular complexity index is 1030. The lowest BCUT2D eigenvalue weighted by Gasteiger charge is -2.14. The molecule has 0 aliphatic heterocycles. The molecule has 0 saturated carbocycles. The number of fused-ring (bicyclic) bond motifs is 1. The summed E-state index contributed by atoms with van der Waals surface area (Å²) in [7, 11) is 0. The van der Waals surface area contributed by atoms with E-state index < -0.39 is 0 Å². The van der Waals surface area contributed by atoms with Crippen molar-refractivity contribution in [2.24, 2.45) is 0 Å². The van der Waals surface area contributed by atoms with Crippen molar-refractivity contribution in [3.63, 3.8) is 0 Å². The molecule has 0 fully saturated rings. The first-order chi connectivity index (χ1) is 12.7. The van der Waals surface area contributed by atoms with Gasteiger partial charge in [-0.2, -0.15) is 10.4 Å². The third kappa shape index (κ3) is 2.80. The molecule has 0 bridgehead atoms. The van der Waals surface area contributed by atoms with E-state index in [1.807, 2.05) is 22.9 Å². The topological polar surface area (TPSA) is 58.7 Å². The van der Waals surface area contributed by atoms with Crippen LogP contribution < -0.4 is 0 Å². The third-order valence-corrected chi connectivity index (χ3v) is 4.73. The molecule has 0 amide bonds. The van der Waals surface area contributed by atoms with E-state index in [1.54, 1.807) is 18.2 Å². The van der Waals surface area contributed by atoms with Crippen molar-refractivity contribution in [2.75, 3.05) is 0 Å². The van der Waals surface area contributed by atoms with E-state index in [2.05, 4.69) is 11.2 Å². The van der Waals surface area contributed by atoms with Crippen LogP contribution >= 0.6 is 0 Å². The van der Waals surface area contributed by atoms with Crippen molar-refractivity contribution < 1.29 is 9.18 Å². The Hall–Kier alpha value is -3.26. The number of hydrogen-bond acceptors (Lipinski definition) is 3. The number of ketones is 1. The van der Waals surface area contributed by atoms with E-state index in [9.17, 15) is 14.4 Å². The maximum atomic E-state index is 13.3. The van der Waals surface area contributed by atoms with Gasteiger partial charge in [0.25, 0.3) is 0 Å². The molecule has 1 heterocycles. The number of rotatable bonds is 3. The van der Waals surface area contributed by atoms with Crippen LogP contribution in [-0.2, 0) is 13.0 Å². The van der Waals surface area contributed by atoms with E-state index in [0.29, 0.717) is 29.8 Å². The van der Waals surface area contributed by atoms with Crippen LogP contribution in [0.1, 0.15) is 40.0 Å². The summed E-state index contributed by atoms with van der Waals surface area (Å²) >= 11 is 0. The molecule has 26 heavy (non-hydrogen) atoms. The summed E-state index contributed by atoms with van der Waals surface area (Å²) in [6.07, 6.45) is 2.06. The highest BCUT2D eigenvalue weighted by Crippen LogP contribution is 2.32. The molecule has 2 aromatic carbocycles. The minimum atomic E-state index is -0.323. The Morgan fingerprint density at radius 2 is 1.88 bits per heavy atom. The lowest BCUT2D eigenvalue weighted by molar-refractivity contribution is 0.0972. The summed E-state index contributed by atoms with van der Waals surface area (Å²) in [6.45, 7) is 0.431. The Morgan fingerprint density at radius 3 is 2.65 bits per heavy atom. The quantitative estimate of drug-likeness (QED) is 0.717. The molecule has 0 atom stereocenters. The smallest absolute Gasteiger partial charge is 0.166 e. The highest BCUT2D eigenvalue weighted by molar-refractivity contribution is 6.03. The van der Waals surface area contributed by atoms with E-state index in [0.717, 1.165) is 29.7 Å². The van der Waals surface area contributed by atoms with Gasteiger partial charge in [0, 0.05) is 12.0 Å². The molecule has 1 aliphatic carbocycles. The van der Waals surface area contributed by atoms with Crippen molar-refractivity contribution in [3.05, 3.63) is 76.7 Å². The van der Waals surface area contributed by atoms with Crippen molar-refractivity contribution >= 4 is 5.78 Å². The van der Waals surface area contributed by atoms with Crippen LogP contribution in [0.25, 0.3) is 11.3 Å². The second-order valence-corrected chi connectivity index (χ2v) is 6.38. The summed E-state index contributed by atoms with van der Waals surface area (Å²) in [5, 5.41) is 14.0. The molecule has 0 unspecified atom stereocenters. The van der Waals surface area contributed by atoms with Crippen molar-refractivity contribution in [2.45, 2.75) is 25.8 Å². The predicted octanol–water partition coefficient (Wildman–Crippen LogP) is 4.13. The summed E-state index contributed by atoms with van der Waals surface area (Å²) in [5.74, 6) is -0.248.